The van der Waals surface area contributed by atoms with E-state index in [1.54, 1.807) is 0 Å². The van der Waals surface area contributed by atoms with E-state index in [1.807, 2.05) is 6.07 Å². The zero-order valence-electron chi connectivity index (χ0n) is 8.75. The number of benzene rings is 1. The number of carboxylic acids is 1. The second-order valence-corrected chi connectivity index (χ2v) is 3.24. The number of aliphatic carboxylic acids is 1. The number of amides is 1. The van der Waals surface area contributed by atoms with Crippen LogP contribution in [0.3, 0.4) is 0 Å². The molecule has 0 saturated heterocycles. The second kappa shape index (κ2) is 5.63. The molecule has 0 saturated carbocycles. The van der Waals surface area contributed by atoms with E-state index in [1.165, 1.54) is 24.3 Å². The van der Waals surface area contributed by atoms with Crippen molar-refractivity contribution in [2.45, 2.75) is 6.04 Å². The Morgan fingerprint density at radius 3 is 2.71 bits per heavy atom. The summed E-state index contributed by atoms with van der Waals surface area (Å²) in [4.78, 5) is 22.2. The summed E-state index contributed by atoms with van der Waals surface area (Å²) >= 11 is 0. The molecule has 6 heteroatoms. The lowest BCUT2D eigenvalue weighted by Crippen LogP contribution is -2.43. The zero-order valence-corrected chi connectivity index (χ0v) is 8.75. The Kier molecular flexibility index (Phi) is 4.20. The maximum Gasteiger partial charge on any atom is 0.328 e. The number of nitrogens with one attached hydrogen (secondary N) is 1. The molecular formula is C11H10N2O4. The van der Waals surface area contributed by atoms with Crippen molar-refractivity contribution in [1.82, 2.24) is 5.32 Å². The Balaban J connectivity index is 2.83. The first-order chi connectivity index (χ1) is 8.08. The van der Waals surface area contributed by atoms with Gasteiger partial charge in [-0.3, -0.25) is 4.79 Å². The van der Waals surface area contributed by atoms with Crippen LogP contribution in [-0.4, -0.2) is 34.7 Å². The summed E-state index contributed by atoms with van der Waals surface area (Å²) < 4.78 is 0. The number of carbonyl (C=O) groups is 2. The van der Waals surface area contributed by atoms with Gasteiger partial charge < -0.3 is 15.5 Å². The van der Waals surface area contributed by atoms with Gasteiger partial charge in [0, 0.05) is 5.56 Å². The highest BCUT2D eigenvalue weighted by Crippen LogP contribution is 2.04. The first kappa shape index (κ1) is 12.7. The first-order valence-electron chi connectivity index (χ1n) is 4.73. The van der Waals surface area contributed by atoms with Gasteiger partial charge in [0.1, 0.15) is 0 Å². The number of rotatable bonds is 4. The lowest BCUT2D eigenvalue weighted by Gasteiger charge is -2.11. The van der Waals surface area contributed by atoms with Crippen molar-refractivity contribution in [1.29, 1.82) is 5.26 Å². The maximum atomic E-state index is 11.6. The average molecular weight is 234 g/mol. The van der Waals surface area contributed by atoms with E-state index < -0.39 is 24.5 Å². The zero-order chi connectivity index (χ0) is 12.8. The minimum absolute atomic E-state index is 0.170. The van der Waals surface area contributed by atoms with E-state index in [2.05, 4.69) is 5.32 Å². The van der Waals surface area contributed by atoms with Gasteiger partial charge >= 0.3 is 5.97 Å². The van der Waals surface area contributed by atoms with E-state index in [4.69, 9.17) is 15.5 Å². The molecule has 0 aliphatic heterocycles. The SMILES string of the molecule is N#Cc1cccc(C(=O)NC(CO)C(=O)O)c1. The summed E-state index contributed by atoms with van der Waals surface area (Å²) in [7, 11) is 0. The predicted molar refractivity (Wildman–Crippen MR) is 57.1 cm³/mol. The summed E-state index contributed by atoms with van der Waals surface area (Å²) in [5.41, 5.74) is 0.470. The molecule has 1 aromatic rings. The van der Waals surface area contributed by atoms with Gasteiger partial charge in [-0.05, 0) is 18.2 Å². The monoisotopic (exact) mass is 234 g/mol. The van der Waals surface area contributed by atoms with Crippen LogP contribution in [0.2, 0.25) is 0 Å². The Morgan fingerprint density at radius 2 is 2.18 bits per heavy atom. The molecule has 0 heterocycles. The minimum atomic E-state index is -1.35. The largest absolute Gasteiger partial charge is 0.480 e. The molecule has 6 nitrogen and oxygen atoms in total. The van der Waals surface area contributed by atoms with Crippen molar-refractivity contribution < 1.29 is 19.8 Å². The molecule has 1 amide bonds. The number of carbonyl (C=O) groups excluding carboxylic acids is 1. The highest BCUT2D eigenvalue weighted by atomic mass is 16.4. The summed E-state index contributed by atoms with van der Waals surface area (Å²) in [5.74, 6) is -1.97. The standard InChI is InChI=1S/C11H10N2O4/c12-5-7-2-1-3-8(4-7)10(15)13-9(6-14)11(16)17/h1-4,9,14H,6H2,(H,13,15)(H,16,17). The molecule has 0 aliphatic rings. The van der Waals surface area contributed by atoms with Crippen LogP contribution in [0.1, 0.15) is 15.9 Å². The number of nitriles is 1. The summed E-state index contributed by atoms with van der Waals surface area (Å²) in [5, 5.41) is 28.2. The first-order valence-corrected chi connectivity index (χ1v) is 4.73. The van der Waals surface area contributed by atoms with Crippen LogP contribution in [0.15, 0.2) is 24.3 Å². The molecule has 1 unspecified atom stereocenters. The number of carboxylic acid groups (broad SMARTS) is 1. The molecule has 0 fully saturated rings. The number of aliphatic hydroxyl groups excluding tert-OH is 1. The molecule has 0 aliphatic carbocycles. The molecule has 0 spiro atoms. The molecular weight excluding hydrogens is 224 g/mol. The van der Waals surface area contributed by atoms with Crippen molar-refractivity contribution in [3.63, 3.8) is 0 Å². The highest BCUT2D eigenvalue weighted by molar-refractivity contribution is 5.96. The highest BCUT2D eigenvalue weighted by Gasteiger charge is 2.19. The van der Waals surface area contributed by atoms with Gasteiger partial charge in [0.25, 0.3) is 5.91 Å². The van der Waals surface area contributed by atoms with Gasteiger partial charge in [-0.25, -0.2) is 4.79 Å². The number of hydrogen-bond acceptors (Lipinski definition) is 4. The van der Waals surface area contributed by atoms with Crippen molar-refractivity contribution in [3.05, 3.63) is 35.4 Å². The maximum absolute atomic E-state index is 11.6. The molecule has 1 rings (SSSR count). The van der Waals surface area contributed by atoms with Crippen LogP contribution >= 0.6 is 0 Å². The summed E-state index contributed by atoms with van der Waals surface area (Å²) in [6, 6.07) is 6.34. The lowest BCUT2D eigenvalue weighted by atomic mass is 10.1. The van der Waals surface area contributed by atoms with Gasteiger partial charge in [-0.15, -0.1) is 0 Å². The molecule has 17 heavy (non-hydrogen) atoms. The fourth-order valence-electron chi connectivity index (χ4n) is 1.16. The van der Waals surface area contributed by atoms with Gasteiger partial charge in [-0.2, -0.15) is 5.26 Å². The molecule has 1 aromatic carbocycles. The van der Waals surface area contributed by atoms with E-state index in [0.717, 1.165) is 0 Å². The second-order valence-electron chi connectivity index (χ2n) is 3.24. The number of nitrogens with zero attached hydrogens (tertiary/aromatic N) is 1. The van der Waals surface area contributed by atoms with Gasteiger partial charge in [0.2, 0.25) is 0 Å². The quantitative estimate of drug-likeness (QED) is 0.664. The Labute approximate surface area is 97.1 Å². The fourth-order valence-corrected chi connectivity index (χ4v) is 1.16. The van der Waals surface area contributed by atoms with E-state index in [0.29, 0.717) is 5.56 Å². The van der Waals surface area contributed by atoms with Crippen LogP contribution in [0.25, 0.3) is 0 Å². The Hall–Kier alpha value is -2.39. The summed E-state index contributed by atoms with van der Waals surface area (Å²) in [6.45, 7) is -0.695. The Morgan fingerprint density at radius 1 is 1.47 bits per heavy atom. The van der Waals surface area contributed by atoms with Gasteiger partial charge in [0.05, 0.1) is 18.2 Å². The van der Waals surface area contributed by atoms with Crippen molar-refractivity contribution in [2.24, 2.45) is 0 Å². The molecule has 3 N–H and O–H groups in total. The van der Waals surface area contributed by atoms with Crippen LogP contribution in [0.4, 0.5) is 0 Å². The predicted octanol–water partition coefficient (Wildman–Crippen LogP) is -0.266. The van der Waals surface area contributed by atoms with E-state index in [9.17, 15) is 9.59 Å². The van der Waals surface area contributed by atoms with Crippen LogP contribution < -0.4 is 5.32 Å². The van der Waals surface area contributed by atoms with Crippen molar-refractivity contribution in [3.8, 4) is 6.07 Å². The smallest absolute Gasteiger partial charge is 0.328 e. The molecule has 88 valence electrons. The molecule has 0 bridgehead atoms. The topological polar surface area (TPSA) is 110 Å². The van der Waals surface area contributed by atoms with E-state index in [-0.39, 0.29) is 5.56 Å². The van der Waals surface area contributed by atoms with Gasteiger partial charge in [-0.1, -0.05) is 6.07 Å². The molecule has 1 atom stereocenters. The van der Waals surface area contributed by atoms with Crippen LogP contribution in [0.5, 0.6) is 0 Å². The third-order valence-electron chi connectivity index (χ3n) is 2.04. The average Bonchev–Trinajstić information content (AvgIpc) is 2.35. The van der Waals surface area contributed by atoms with Crippen molar-refractivity contribution >= 4 is 11.9 Å². The molecule has 0 aromatic heterocycles. The molecule has 0 radical (unpaired) electrons. The van der Waals surface area contributed by atoms with E-state index >= 15 is 0 Å². The van der Waals surface area contributed by atoms with Gasteiger partial charge in [0.15, 0.2) is 6.04 Å². The fraction of sp³-hybridized carbons (Fsp3) is 0.182. The van der Waals surface area contributed by atoms with Crippen molar-refractivity contribution in [2.75, 3.05) is 6.61 Å². The Bertz CT molecular complexity index is 479. The van der Waals surface area contributed by atoms with Crippen LogP contribution in [-0.2, 0) is 4.79 Å². The van der Waals surface area contributed by atoms with Crippen LogP contribution in [0, 0.1) is 11.3 Å². The lowest BCUT2D eigenvalue weighted by molar-refractivity contribution is -0.140. The third kappa shape index (κ3) is 3.29. The third-order valence-corrected chi connectivity index (χ3v) is 2.04. The number of aliphatic hydroxyl groups is 1. The number of hydrogen-bond donors (Lipinski definition) is 3. The normalized spacial score (nSPS) is 11.3. The minimum Gasteiger partial charge on any atom is -0.480 e. The summed E-state index contributed by atoms with van der Waals surface area (Å²) in [6.07, 6.45) is 0.